The number of nitrogens with zero attached hydrogens (tertiary/aromatic N) is 2. The molecule has 1 heterocycles. The summed E-state index contributed by atoms with van der Waals surface area (Å²) >= 11 is 6.10. The summed E-state index contributed by atoms with van der Waals surface area (Å²) in [6, 6.07) is 11.6. The molecule has 0 aliphatic rings. The van der Waals surface area contributed by atoms with Gasteiger partial charge in [-0.3, -0.25) is 4.98 Å². The standard InChI is InChI=1S/C15H17ClN2O/c1-11-5-3-6-12(17-11)9-18(2)15-8-4-7-14(16)13(15)10-19/h3-8,19H,9-10H2,1-2H3. The summed E-state index contributed by atoms with van der Waals surface area (Å²) in [5.41, 5.74) is 3.67. The zero-order valence-corrected chi connectivity index (χ0v) is 11.9. The molecule has 2 aromatic rings. The van der Waals surface area contributed by atoms with Crippen LogP contribution < -0.4 is 4.90 Å². The van der Waals surface area contributed by atoms with Gasteiger partial charge in [0.15, 0.2) is 0 Å². The molecule has 2 rings (SSSR count). The van der Waals surface area contributed by atoms with Crippen LogP contribution in [0.4, 0.5) is 5.69 Å². The van der Waals surface area contributed by atoms with Gasteiger partial charge in [0.1, 0.15) is 0 Å². The summed E-state index contributed by atoms with van der Waals surface area (Å²) in [6.45, 7) is 2.58. The zero-order valence-electron chi connectivity index (χ0n) is 11.1. The van der Waals surface area contributed by atoms with Crippen LogP contribution in [0, 0.1) is 6.92 Å². The molecular weight excluding hydrogens is 260 g/mol. The van der Waals surface area contributed by atoms with Crippen molar-refractivity contribution in [1.82, 2.24) is 4.98 Å². The molecule has 19 heavy (non-hydrogen) atoms. The van der Waals surface area contributed by atoms with E-state index >= 15 is 0 Å². The van der Waals surface area contributed by atoms with Crippen molar-refractivity contribution in [3.63, 3.8) is 0 Å². The van der Waals surface area contributed by atoms with Crippen LogP contribution in [0.1, 0.15) is 17.0 Å². The lowest BCUT2D eigenvalue weighted by molar-refractivity contribution is 0.282. The van der Waals surface area contributed by atoms with E-state index in [9.17, 15) is 5.11 Å². The monoisotopic (exact) mass is 276 g/mol. The number of aromatic nitrogens is 1. The minimum atomic E-state index is -0.0689. The number of benzene rings is 1. The zero-order chi connectivity index (χ0) is 13.8. The van der Waals surface area contributed by atoms with Crippen molar-refractivity contribution in [1.29, 1.82) is 0 Å². The Morgan fingerprint density at radius 3 is 2.63 bits per heavy atom. The third-order valence-electron chi connectivity index (χ3n) is 3.01. The van der Waals surface area contributed by atoms with Crippen molar-refractivity contribution in [3.8, 4) is 0 Å². The summed E-state index contributed by atoms with van der Waals surface area (Å²) in [4.78, 5) is 6.52. The van der Waals surface area contributed by atoms with Gasteiger partial charge in [-0.05, 0) is 31.2 Å². The van der Waals surface area contributed by atoms with Gasteiger partial charge in [0.2, 0.25) is 0 Å². The molecule has 0 aliphatic heterocycles. The predicted octanol–water partition coefficient (Wildman–Crippen LogP) is 3.17. The van der Waals surface area contributed by atoms with Crippen LogP contribution in [0.2, 0.25) is 5.02 Å². The molecule has 0 bridgehead atoms. The third-order valence-corrected chi connectivity index (χ3v) is 3.36. The molecule has 0 amide bonds. The maximum absolute atomic E-state index is 9.43. The Kier molecular flexibility index (Phi) is 4.40. The molecule has 1 N–H and O–H groups in total. The van der Waals surface area contributed by atoms with E-state index < -0.39 is 0 Å². The average Bonchev–Trinajstić information content (AvgIpc) is 2.38. The minimum Gasteiger partial charge on any atom is -0.392 e. The van der Waals surface area contributed by atoms with Gasteiger partial charge in [0.05, 0.1) is 18.8 Å². The van der Waals surface area contributed by atoms with Crippen molar-refractivity contribution in [2.24, 2.45) is 0 Å². The van der Waals surface area contributed by atoms with Gasteiger partial charge in [-0.25, -0.2) is 0 Å². The number of halogens is 1. The molecule has 0 fully saturated rings. The van der Waals surface area contributed by atoms with Crippen LogP contribution in [-0.2, 0) is 13.2 Å². The van der Waals surface area contributed by atoms with E-state index in [-0.39, 0.29) is 6.61 Å². The quantitative estimate of drug-likeness (QED) is 0.932. The van der Waals surface area contributed by atoms with E-state index in [1.54, 1.807) is 6.07 Å². The summed E-state index contributed by atoms with van der Waals surface area (Å²) in [7, 11) is 1.97. The van der Waals surface area contributed by atoms with E-state index in [1.807, 2.05) is 49.2 Å². The average molecular weight is 277 g/mol. The van der Waals surface area contributed by atoms with Gasteiger partial charge in [0, 0.05) is 29.0 Å². The highest BCUT2D eigenvalue weighted by atomic mass is 35.5. The van der Waals surface area contributed by atoms with Gasteiger partial charge < -0.3 is 10.0 Å². The topological polar surface area (TPSA) is 36.4 Å². The first-order valence-corrected chi connectivity index (χ1v) is 6.51. The Labute approximate surface area is 118 Å². The maximum Gasteiger partial charge on any atom is 0.0716 e. The first kappa shape index (κ1) is 13.8. The molecule has 0 atom stereocenters. The second-order valence-corrected chi connectivity index (χ2v) is 4.93. The second-order valence-electron chi connectivity index (χ2n) is 4.52. The van der Waals surface area contributed by atoms with E-state index in [1.165, 1.54) is 0 Å². The molecule has 1 aromatic heterocycles. The van der Waals surface area contributed by atoms with Crippen molar-refractivity contribution >= 4 is 17.3 Å². The Morgan fingerprint density at radius 2 is 1.95 bits per heavy atom. The minimum absolute atomic E-state index is 0.0689. The molecule has 0 aliphatic carbocycles. The normalized spacial score (nSPS) is 10.5. The number of aliphatic hydroxyl groups is 1. The van der Waals surface area contributed by atoms with Crippen molar-refractivity contribution in [2.45, 2.75) is 20.1 Å². The molecule has 0 unspecified atom stereocenters. The lowest BCUT2D eigenvalue weighted by Crippen LogP contribution is -2.19. The fourth-order valence-corrected chi connectivity index (χ4v) is 2.31. The summed E-state index contributed by atoms with van der Waals surface area (Å²) in [6.07, 6.45) is 0. The van der Waals surface area contributed by atoms with Crippen LogP contribution in [-0.4, -0.2) is 17.1 Å². The highest BCUT2D eigenvalue weighted by Crippen LogP contribution is 2.27. The Balaban J connectivity index is 2.25. The molecular formula is C15H17ClN2O. The van der Waals surface area contributed by atoms with E-state index in [2.05, 4.69) is 4.98 Å². The van der Waals surface area contributed by atoms with Crippen LogP contribution in [0.25, 0.3) is 0 Å². The largest absolute Gasteiger partial charge is 0.392 e. The van der Waals surface area contributed by atoms with Crippen LogP contribution in [0.3, 0.4) is 0 Å². The second kappa shape index (κ2) is 6.04. The molecule has 0 spiro atoms. The molecule has 0 saturated heterocycles. The molecule has 100 valence electrons. The van der Waals surface area contributed by atoms with Gasteiger partial charge in [-0.15, -0.1) is 0 Å². The van der Waals surface area contributed by atoms with Gasteiger partial charge in [0.25, 0.3) is 0 Å². The van der Waals surface area contributed by atoms with E-state index in [4.69, 9.17) is 11.6 Å². The SMILES string of the molecule is Cc1cccc(CN(C)c2cccc(Cl)c2CO)n1. The van der Waals surface area contributed by atoms with E-state index in [0.717, 1.165) is 22.6 Å². The van der Waals surface area contributed by atoms with Crippen molar-refractivity contribution in [3.05, 3.63) is 58.4 Å². The lowest BCUT2D eigenvalue weighted by Gasteiger charge is -2.22. The Morgan fingerprint density at radius 1 is 1.21 bits per heavy atom. The molecule has 4 heteroatoms. The summed E-state index contributed by atoms with van der Waals surface area (Å²) in [5, 5.41) is 10.0. The fourth-order valence-electron chi connectivity index (χ4n) is 2.08. The molecule has 3 nitrogen and oxygen atoms in total. The highest BCUT2D eigenvalue weighted by molar-refractivity contribution is 6.31. The summed E-state index contributed by atoms with van der Waals surface area (Å²) in [5.74, 6) is 0. The first-order chi connectivity index (χ1) is 9.11. The molecule has 0 saturated carbocycles. The van der Waals surface area contributed by atoms with Gasteiger partial charge in [-0.2, -0.15) is 0 Å². The number of rotatable bonds is 4. The third kappa shape index (κ3) is 3.25. The number of aliphatic hydroxyl groups excluding tert-OH is 1. The predicted molar refractivity (Wildman–Crippen MR) is 78.5 cm³/mol. The summed E-state index contributed by atoms with van der Waals surface area (Å²) < 4.78 is 0. The number of hydrogen-bond donors (Lipinski definition) is 1. The molecule has 1 aromatic carbocycles. The molecule has 0 radical (unpaired) electrons. The number of hydrogen-bond acceptors (Lipinski definition) is 3. The van der Waals surface area contributed by atoms with Crippen LogP contribution in [0.5, 0.6) is 0 Å². The van der Waals surface area contributed by atoms with Gasteiger partial charge in [-0.1, -0.05) is 23.7 Å². The van der Waals surface area contributed by atoms with Crippen molar-refractivity contribution < 1.29 is 5.11 Å². The maximum atomic E-state index is 9.43. The van der Waals surface area contributed by atoms with E-state index in [0.29, 0.717) is 11.6 Å². The van der Waals surface area contributed by atoms with Crippen LogP contribution >= 0.6 is 11.6 Å². The fraction of sp³-hybridized carbons (Fsp3) is 0.267. The van der Waals surface area contributed by atoms with Crippen LogP contribution in [0.15, 0.2) is 36.4 Å². The Bertz CT molecular complexity index is 572. The Hall–Kier alpha value is -1.58. The highest BCUT2D eigenvalue weighted by Gasteiger charge is 2.10. The number of pyridine rings is 1. The smallest absolute Gasteiger partial charge is 0.0716 e. The lowest BCUT2D eigenvalue weighted by atomic mass is 10.1. The number of aryl methyl sites for hydroxylation is 1. The first-order valence-electron chi connectivity index (χ1n) is 6.13. The van der Waals surface area contributed by atoms with Crippen molar-refractivity contribution in [2.75, 3.05) is 11.9 Å². The van der Waals surface area contributed by atoms with Gasteiger partial charge >= 0.3 is 0 Å². The number of anilines is 1.